The van der Waals surface area contributed by atoms with Gasteiger partial charge in [0.1, 0.15) is 11.9 Å². The van der Waals surface area contributed by atoms with Gasteiger partial charge in [-0.1, -0.05) is 24.3 Å². The summed E-state index contributed by atoms with van der Waals surface area (Å²) in [6.45, 7) is 2.81. The lowest BCUT2D eigenvalue weighted by Gasteiger charge is -2.18. The zero-order valence-corrected chi connectivity index (χ0v) is 16.5. The molecule has 4 nitrogen and oxygen atoms in total. The Kier molecular flexibility index (Phi) is 9.18. The Bertz CT molecular complexity index is 680. The monoisotopic (exact) mass is 461 g/mol. The van der Waals surface area contributed by atoms with E-state index in [1.807, 2.05) is 6.92 Å². The van der Waals surface area contributed by atoms with Gasteiger partial charge in [-0.25, -0.2) is 8.78 Å². The van der Waals surface area contributed by atoms with E-state index < -0.39 is 0 Å². The van der Waals surface area contributed by atoms with Crippen molar-refractivity contribution in [2.24, 2.45) is 4.99 Å². The summed E-state index contributed by atoms with van der Waals surface area (Å²) in [5, 5.41) is 6.23. The van der Waals surface area contributed by atoms with Gasteiger partial charge in [0.25, 0.3) is 0 Å². The third-order valence-corrected chi connectivity index (χ3v) is 3.32. The van der Waals surface area contributed by atoms with Crippen LogP contribution in [-0.2, 0) is 6.54 Å². The predicted molar refractivity (Wildman–Crippen MR) is 107 cm³/mol. The fourth-order valence-electron chi connectivity index (χ4n) is 2.05. The third-order valence-electron chi connectivity index (χ3n) is 3.32. The first-order chi connectivity index (χ1) is 11.6. The van der Waals surface area contributed by atoms with E-state index in [1.165, 1.54) is 18.2 Å². The van der Waals surface area contributed by atoms with Crippen molar-refractivity contribution in [1.82, 2.24) is 10.6 Å². The fraction of sp³-hybridized carbons (Fsp3) is 0.278. The van der Waals surface area contributed by atoms with Crippen LogP contribution in [0.15, 0.2) is 53.5 Å². The highest BCUT2D eigenvalue weighted by Crippen LogP contribution is 2.16. The Labute approximate surface area is 163 Å². The summed E-state index contributed by atoms with van der Waals surface area (Å²) in [6.07, 6.45) is -0.244. The van der Waals surface area contributed by atoms with Crippen LogP contribution in [0.4, 0.5) is 8.78 Å². The number of benzene rings is 2. The molecule has 136 valence electrons. The molecule has 0 aromatic heterocycles. The first kappa shape index (κ1) is 21.1. The van der Waals surface area contributed by atoms with Crippen molar-refractivity contribution in [2.45, 2.75) is 19.6 Å². The molecule has 0 amide bonds. The molecule has 0 saturated carbocycles. The minimum Gasteiger partial charge on any atom is -0.486 e. The lowest BCUT2D eigenvalue weighted by Crippen LogP contribution is -2.41. The predicted octanol–water partition coefficient (Wildman–Crippen LogP) is 3.72. The van der Waals surface area contributed by atoms with E-state index in [9.17, 15) is 8.78 Å². The van der Waals surface area contributed by atoms with Crippen molar-refractivity contribution in [2.75, 3.05) is 13.6 Å². The zero-order valence-electron chi connectivity index (χ0n) is 14.1. The summed E-state index contributed by atoms with van der Waals surface area (Å²) in [7, 11) is 1.66. The second-order valence-corrected chi connectivity index (χ2v) is 5.29. The highest BCUT2D eigenvalue weighted by atomic mass is 127. The van der Waals surface area contributed by atoms with Crippen molar-refractivity contribution in [3.8, 4) is 5.75 Å². The molecule has 0 heterocycles. The summed E-state index contributed by atoms with van der Waals surface area (Å²) in [6, 6.07) is 12.5. The largest absolute Gasteiger partial charge is 0.486 e. The normalized spacial score (nSPS) is 12.1. The average molecular weight is 461 g/mol. The molecule has 0 saturated heterocycles. The van der Waals surface area contributed by atoms with Crippen molar-refractivity contribution >= 4 is 29.9 Å². The maximum atomic E-state index is 13.5. The Morgan fingerprint density at radius 1 is 1.08 bits per heavy atom. The van der Waals surface area contributed by atoms with Gasteiger partial charge in [0.05, 0.1) is 6.54 Å². The maximum Gasteiger partial charge on any atom is 0.191 e. The van der Waals surface area contributed by atoms with Crippen LogP contribution in [0.1, 0.15) is 12.5 Å². The van der Waals surface area contributed by atoms with E-state index in [2.05, 4.69) is 15.6 Å². The molecule has 2 aromatic rings. The SMILES string of the molecule is CN=C(NCc1ccc(F)cc1)NCC(C)Oc1ccccc1F.I. The number of para-hydroxylation sites is 1. The van der Waals surface area contributed by atoms with Crippen LogP contribution in [-0.4, -0.2) is 25.7 Å². The van der Waals surface area contributed by atoms with Crippen LogP contribution in [0, 0.1) is 11.6 Å². The van der Waals surface area contributed by atoms with Crippen molar-refractivity contribution < 1.29 is 13.5 Å². The van der Waals surface area contributed by atoms with Gasteiger partial charge in [-0.2, -0.15) is 0 Å². The molecule has 2 rings (SSSR count). The van der Waals surface area contributed by atoms with Crippen LogP contribution in [0.2, 0.25) is 0 Å². The summed E-state index contributed by atoms with van der Waals surface area (Å²) in [5.74, 6) is 0.160. The molecule has 7 heteroatoms. The van der Waals surface area contributed by atoms with Gasteiger partial charge < -0.3 is 15.4 Å². The Balaban J connectivity index is 0.00000312. The molecular formula is C18H22F2IN3O. The molecule has 0 aliphatic rings. The number of nitrogens with one attached hydrogen (secondary N) is 2. The Morgan fingerprint density at radius 3 is 2.40 bits per heavy atom. The summed E-state index contributed by atoms with van der Waals surface area (Å²) >= 11 is 0. The van der Waals surface area contributed by atoms with E-state index in [4.69, 9.17) is 4.74 Å². The maximum absolute atomic E-state index is 13.5. The van der Waals surface area contributed by atoms with E-state index >= 15 is 0 Å². The second kappa shape index (κ2) is 10.9. The van der Waals surface area contributed by atoms with Gasteiger partial charge in [0.15, 0.2) is 17.5 Å². The number of hydrogen-bond donors (Lipinski definition) is 2. The Hall–Kier alpha value is -1.90. The summed E-state index contributed by atoms with van der Waals surface area (Å²) < 4.78 is 32.0. The molecule has 0 aliphatic heterocycles. The van der Waals surface area contributed by atoms with Gasteiger partial charge in [0, 0.05) is 13.6 Å². The second-order valence-electron chi connectivity index (χ2n) is 5.29. The molecule has 2 N–H and O–H groups in total. The molecule has 0 aliphatic carbocycles. The van der Waals surface area contributed by atoms with Gasteiger partial charge in [-0.15, -0.1) is 24.0 Å². The van der Waals surface area contributed by atoms with Crippen LogP contribution in [0.25, 0.3) is 0 Å². The molecular weight excluding hydrogens is 439 g/mol. The molecule has 0 bridgehead atoms. The first-order valence-corrected chi connectivity index (χ1v) is 7.68. The number of ether oxygens (including phenoxy) is 1. The molecule has 0 radical (unpaired) electrons. The van der Waals surface area contributed by atoms with Crippen LogP contribution in [0.5, 0.6) is 5.75 Å². The van der Waals surface area contributed by atoms with Gasteiger partial charge in [0.2, 0.25) is 0 Å². The molecule has 0 spiro atoms. The Morgan fingerprint density at radius 2 is 1.76 bits per heavy atom. The van der Waals surface area contributed by atoms with E-state index in [0.29, 0.717) is 19.0 Å². The van der Waals surface area contributed by atoms with Gasteiger partial charge in [-0.3, -0.25) is 4.99 Å². The highest BCUT2D eigenvalue weighted by molar-refractivity contribution is 14.0. The van der Waals surface area contributed by atoms with Gasteiger partial charge >= 0.3 is 0 Å². The molecule has 25 heavy (non-hydrogen) atoms. The van der Waals surface area contributed by atoms with E-state index in [1.54, 1.807) is 37.4 Å². The molecule has 1 atom stereocenters. The number of hydrogen-bond acceptors (Lipinski definition) is 2. The van der Waals surface area contributed by atoms with Crippen molar-refractivity contribution in [1.29, 1.82) is 0 Å². The smallest absolute Gasteiger partial charge is 0.191 e. The number of aliphatic imine (C=N–C) groups is 1. The van der Waals surface area contributed by atoms with Gasteiger partial charge in [-0.05, 0) is 36.8 Å². The lowest BCUT2D eigenvalue weighted by atomic mass is 10.2. The minimum atomic E-state index is -0.386. The van der Waals surface area contributed by atoms with E-state index in [-0.39, 0.29) is 47.5 Å². The quantitative estimate of drug-likeness (QED) is 0.392. The first-order valence-electron chi connectivity index (χ1n) is 7.68. The summed E-state index contributed by atoms with van der Waals surface area (Å²) in [5.41, 5.74) is 0.940. The molecule has 2 aromatic carbocycles. The van der Waals surface area contributed by atoms with E-state index in [0.717, 1.165) is 5.56 Å². The minimum absolute atomic E-state index is 0. The number of rotatable bonds is 6. The molecule has 1 unspecified atom stereocenters. The van der Waals surface area contributed by atoms with Crippen molar-refractivity contribution in [3.63, 3.8) is 0 Å². The number of nitrogens with zero attached hydrogens (tertiary/aromatic N) is 1. The fourth-order valence-corrected chi connectivity index (χ4v) is 2.05. The van der Waals surface area contributed by atoms with Crippen molar-refractivity contribution in [3.05, 3.63) is 65.7 Å². The lowest BCUT2D eigenvalue weighted by molar-refractivity contribution is 0.214. The zero-order chi connectivity index (χ0) is 17.4. The van der Waals surface area contributed by atoms with Crippen LogP contribution >= 0.6 is 24.0 Å². The standard InChI is InChI=1S/C18H21F2N3O.HI/c1-13(24-17-6-4-3-5-16(17)20)11-22-18(21-2)23-12-14-7-9-15(19)10-8-14;/h3-10,13H,11-12H2,1-2H3,(H2,21,22,23);1H. The highest BCUT2D eigenvalue weighted by Gasteiger charge is 2.08. The van der Waals surface area contributed by atoms with Crippen LogP contribution < -0.4 is 15.4 Å². The summed E-state index contributed by atoms with van der Waals surface area (Å²) in [4.78, 5) is 4.11. The topological polar surface area (TPSA) is 45.7 Å². The number of guanidine groups is 1. The average Bonchev–Trinajstić information content (AvgIpc) is 2.58. The third kappa shape index (κ3) is 7.25. The molecule has 0 fully saturated rings. The number of halogens is 3. The van der Waals surface area contributed by atoms with Crippen LogP contribution in [0.3, 0.4) is 0 Å².